The first-order chi connectivity index (χ1) is 5.44. The van der Waals surface area contributed by atoms with E-state index in [1.807, 2.05) is 0 Å². The molecule has 13 heteroatoms. The molecule has 0 saturated heterocycles. The summed E-state index contributed by atoms with van der Waals surface area (Å²) in [6.45, 7) is -2.06. The van der Waals surface area contributed by atoms with Crippen LogP contribution in [0.25, 0.3) is 0 Å². The van der Waals surface area contributed by atoms with Crippen LogP contribution in [-0.2, 0) is 0 Å². The fourth-order valence-electron chi connectivity index (χ4n) is 0.297. The van der Waals surface area contributed by atoms with Crippen LogP contribution in [0.15, 0.2) is 0 Å². The van der Waals surface area contributed by atoms with Crippen molar-refractivity contribution in [2.45, 2.75) is 0 Å². The molecule has 79 valence electrons. The van der Waals surface area contributed by atoms with Crippen molar-refractivity contribution in [1.82, 2.24) is 0 Å². The normalized spacial score (nSPS) is 15.2. The zero-order valence-corrected chi connectivity index (χ0v) is 16.2. The van der Waals surface area contributed by atoms with E-state index in [-0.39, 0.29) is 0 Å². The van der Waals surface area contributed by atoms with Crippen LogP contribution in [0.1, 0.15) is 0 Å². The summed E-state index contributed by atoms with van der Waals surface area (Å²) in [5, 5.41) is 0. The lowest BCUT2D eigenvalue weighted by Crippen LogP contribution is -2.65. The summed E-state index contributed by atoms with van der Waals surface area (Å²) in [5.74, 6) is 0. The zero-order chi connectivity index (χ0) is 11.1. The molecule has 0 unspecified atom stereocenters. The Labute approximate surface area is 122 Å². The third-order valence-corrected chi connectivity index (χ3v) is 80.0. The highest BCUT2D eigenvalue weighted by Gasteiger charge is 2.70. The van der Waals surface area contributed by atoms with Gasteiger partial charge in [-0.3, -0.25) is 0 Å². The Morgan fingerprint density at radius 1 is 0.692 bits per heavy atom. The Hall–Kier alpha value is 3.48. The molecule has 0 amide bonds. The van der Waals surface area contributed by atoms with Gasteiger partial charge in [-0.1, -0.05) is 0 Å². The molecule has 0 nitrogen and oxygen atoms in total. The maximum Gasteiger partial charge on any atom is 0.358 e. The molecule has 0 N–H and O–H groups in total. The van der Waals surface area contributed by atoms with E-state index >= 15 is 0 Å². The Balaban J connectivity index is 5.04. The van der Waals surface area contributed by atoms with Crippen molar-refractivity contribution >= 4 is 124 Å². The number of rotatable bonds is 3. The molecule has 0 aliphatic heterocycles. The zero-order valence-electron chi connectivity index (χ0n) is 5.40. The van der Waals surface area contributed by atoms with Gasteiger partial charge in [0.2, 0.25) is 0 Å². The highest BCUT2D eigenvalue weighted by Crippen LogP contribution is 2.48. The second kappa shape index (κ2) is 5.41. The minimum atomic E-state index is -3.36. The molecular formula is Cl9Si4. The third kappa shape index (κ3) is 3.72. The number of halogens is 9. The van der Waals surface area contributed by atoms with Gasteiger partial charge in [-0.25, -0.2) is 0 Å². The second-order valence-corrected chi connectivity index (χ2v) is 51.5. The molecule has 0 bridgehead atoms. The van der Waals surface area contributed by atoms with Crippen molar-refractivity contribution < 1.29 is 0 Å². The van der Waals surface area contributed by atoms with Gasteiger partial charge >= 0.3 is 11.2 Å². The quantitative estimate of drug-likeness (QED) is 0.450. The van der Waals surface area contributed by atoms with Crippen LogP contribution >= 0.6 is 99.7 Å². The van der Waals surface area contributed by atoms with Crippen LogP contribution in [0.3, 0.4) is 0 Å². The predicted molar refractivity (Wildman–Crippen MR) is 75.7 cm³/mol. The van der Waals surface area contributed by atoms with E-state index in [1.165, 1.54) is 0 Å². The summed E-state index contributed by atoms with van der Waals surface area (Å²) in [4.78, 5) is 0. The molecule has 0 spiro atoms. The molecule has 0 aliphatic rings. The molecule has 0 aromatic carbocycles. The van der Waals surface area contributed by atoms with Crippen molar-refractivity contribution in [3.05, 3.63) is 0 Å². The van der Waals surface area contributed by atoms with E-state index in [4.69, 9.17) is 99.7 Å². The minimum Gasteiger partial charge on any atom is -0.148 e. The smallest absolute Gasteiger partial charge is 0.148 e. The topological polar surface area (TPSA) is 0 Å². The fraction of sp³-hybridized carbons (Fsp3) is 0. The highest BCUT2D eigenvalue weighted by molar-refractivity contribution is 8.28. The van der Waals surface area contributed by atoms with Gasteiger partial charge in [0.1, 0.15) is 0 Å². The molecule has 0 saturated carbocycles. The highest BCUT2D eigenvalue weighted by atomic mass is 35.9. The first kappa shape index (κ1) is 16.5. The maximum absolute atomic E-state index is 5.92. The summed E-state index contributed by atoms with van der Waals surface area (Å²) in [7, 11) is 0. The van der Waals surface area contributed by atoms with Gasteiger partial charge in [0, 0.05) is 0 Å². The Morgan fingerprint density at radius 2 is 1.00 bits per heavy atom. The van der Waals surface area contributed by atoms with Crippen molar-refractivity contribution in [2.24, 2.45) is 0 Å². The van der Waals surface area contributed by atoms with Gasteiger partial charge in [0.15, 0.2) is 0 Å². The maximum atomic E-state index is 5.92. The van der Waals surface area contributed by atoms with Gasteiger partial charge in [-0.15, -0.1) is 99.7 Å². The summed E-state index contributed by atoms with van der Waals surface area (Å²) >= 11 is 52.0. The largest absolute Gasteiger partial charge is 0.358 e. The SMILES string of the molecule is Cl[Si](Cl)[Si](Cl)(Cl)[Si](Cl)(Cl)[Si](Cl)(Cl)Cl. The van der Waals surface area contributed by atoms with E-state index in [0.29, 0.717) is 0 Å². The Kier molecular flexibility index (Phi) is 6.86. The van der Waals surface area contributed by atoms with Crippen LogP contribution in [0.4, 0.5) is 0 Å². The van der Waals surface area contributed by atoms with Gasteiger partial charge in [0.25, 0.3) is 12.7 Å². The van der Waals surface area contributed by atoms with E-state index < -0.39 is 23.9 Å². The average molecular weight is 431 g/mol. The van der Waals surface area contributed by atoms with E-state index in [9.17, 15) is 0 Å². The molecular weight excluding hydrogens is 431 g/mol. The molecule has 0 heterocycles. The van der Waals surface area contributed by atoms with Gasteiger partial charge in [-0.05, 0) is 0 Å². The predicted octanol–water partition coefficient (Wildman–Crippen LogP) is 4.68. The van der Waals surface area contributed by atoms with Crippen molar-refractivity contribution in [1.29, 1.82) is 0 Å². The molecule has 0 aromatic rings. The molecule has 0 aromatic heterocycles. The van der Waals surface area contributed by atoms with E-state index in [1.54, 1.807) is 0 Å². The van der Waals surface area contributed by atoms with Crippen LogP contribution in [0.2, 0.25) is 0 Å². The second-order valence-electron chi connectivity index (χ2n) is 1.91. The number of hydrogen-bond acceptors (Lipinski definition) is 0. The lowest BCUT2D eigenvalue weighted by Gasteiger charge is -2.31. The van der Waals surface area contributed by atoms with Gasteiger partial charge < -0.3 is 0 Å². The molecule has 0 rings (SSSR count). The molecule has 1 radical (unpaired) electrons. The summed E-state index contributed by atoms with van der Waals surface area (Å²) in [6, 6.07) is 0. The third-order valence-electron chi connectivity index (χ3n) is 0.988. The van der Waals surface area contributed by atoms with Gasteiger partial charge in [-0.2, -0.15) is 0 Å². The lowest BCUT2D eigenvalue weighted by atomic mass is 26.2. The molecule has 0 aliphatic carbocycles. The van der Waals surface area contributed by atoms with Crippen LogP contribution < -0.4 is 0 Å². The molecule has 13 heavy (non-hydrogen) atoms. The van der Waals surface area contributed by atoms with Crippen LogP contribution in [0, 0.1) is 0 Å². The molecule has 0 fully saturated rings. The monoisotopic (exact) mass is 427 g/mol. The lowest BCUT2D eigenvalue weighted by molar-refractivity contribution is 3.29. The molecule has 0 atom stereocenters. The first-order valence-corrected chi connectivity index (χ1v) is 22.1. The first-order valence-electron chi connectivity index (χ1n) is 2.45. The van der Waals surface area contributed by atoms with E-state index in [2.05, 4.69) is 0 Å². The summed E-state index contributed by atoms with van der Waals surface area (Å²) in [6.07, 6.45) is 0. The van der Waals surface area contributed by atoms with Gasteiger partial charge in [0.05, 0.1) is 0 Å². The number of hydrogen-bond donors (Lipinski definition) is 0. The standard InChI is InChI=1S/Cl9Si4/c1-10(2)12(6,7)13(8,9)11(3,4)5. The van der Waals surface area contributed by atoms with Crippen LogP contribution in [-0.4, -0.2) is 23.9 Å². The van der Waals surface area contributed by atoms with Crippen molar-refractivity contribution in [3.8, 4) is 0 Å². The summed E-state index contributed by atoms with van der Waals surface area (Å²) in [5.41, 5.74) is -9.94. The average Bonchev–Trinajstić information content (AvgIpc) is 1.84. The minimum absolute atomic E-state index is 2.06. The van der Waals surface area contributed by atoms with E-state index in [0.717, 1.165) is 0 Å². The Bertz CT molecular complexity index is 177. The Morgan fingerprint density at radius 3 is 1.08 bits per heavy atom. The fourth-order valence-corrected chi connectivity index (χ4v) is 72.1. The summed E-state index contributed by atoms with van der Waals surface area (Å²) < 4.78 is 0. The van der Waals surface area contributed by atoms with Crippen molar-refractivity contribution in [3.63, 3.8) is 0 Å². The van der Waals surface area contributed by atoms with Crippen molar-refractivity contribution in [2.75, 3.05) is 0 Å². The van der Waals surface area contributed by atoms with Crippen LogP contribution in [0.5, 0.6) is 0 Å².